The topological polar surface area (TPSA) is 54.9 Å². The molecule has 5 nitrogen and oxygen atoms in total. The van der Waals surface area contributed by atoms with Crippen molar-refractivity contribution in [3.63, 3.8) is 0 Å². The molecular weight excluding hydrogens is 362 g/mol. The number of ether oxygens (including phenoxy) is 2. The first-order valence-corrected chi connectivity index (χ1v) is 9.17. The summed E-state index contributed by atoms with van der Waals surface area (Å²) in [5.41, 5.74) is 3.59. The summed E-state index contributed by atoms with van der Waals surface area (Å²) in [5.74, 6) is 1.73. The SMILES string of the molecule is CC(C)OCCOc1ccc(Cc2ccc(NC3=NCCN3)cc2)cc1.Cl. The molecule has 1 aliphatic heterocycles. The summed E-state index contributed by atoms with van der Waals surface area (Å²) >= 11 is 0. The predicted octanol–water partition coefficient (Wildman–Crippen LogP) is 3.87. The molecule has 0 spiro atoms. The van der Waals surface area contributed by atoms with Crippen molar-refractivity contribution in [3.8, 4) is 5.75 Å². The summed E-state index contributed by atoms with van der Waals surface area (Å²) in [6.45, 7) is 6.98. The molecule has 0 saturated carbocycles. The van der Waals surface area contributed by atoms with Crippen molar-refractivity contribution in [3.05, 3.63) is 59.7 Å². The van der Waals surface area contributed by atoms with Gasteiger partial charge in [0.1, 0.15) is 12.4 Å². The van der Waals surface area contributed by atoms with Gasteiger partial charge < -0.3 is 20.1 Å². The Hall–Kier alpha value is -2.24. The van der Waals surface area contributed by atoms with E-state index < -0.39 is 0 Å². The third-order valence-electron chi connectivity index (χ3n) is 4.03. The Labute approximate surface area is 167 Å². The van der Waals surface area contributed by atoms with Crippen LogP contribution in [0, 0.1) is 0 Å². The lowest BCUT2D eigenvalue weighted by molar-refractivity contribution is 0.0552. The molecule has 3 rings (SSSR count). The molecule has 1 heterocycles. The monoisotopic (exact) mass is 389 g/mol. The molecule has 0 radical (unpaired) electrons. The van der Waals surface area contributed by atoms with Crippen LogP contribution in [0.1, 0.15) is 25.0 Å². The highest BCUT2D eigenvalue weighted by molar-refractivity contribution is 5.94. The Bertz CT molecular complexity index is 715. The van der Waals surface area contributed by atoms with Crippen LogP contribution in [0.15, 0.2) is 53.5 Å². The van der Waals surface area contributed by atoms with E-state index in [1.807, 2.05) is 26.0 Å². The Morgan fingerprint density at radius 2 is 1.67 bits per heavy atom. The summed E-state index contributed by atoms with van der Waals surface area (Å²) in [6.07, 6.45) is 1.14. The van der Waals surface area contributed by atoms with Crippen molar-refractivity contribution in [2.24, 2.45) is 4.99 Å². The second-order valence-electron chi connectivity index (χ2n) is 6.57. The molecule has 0 aliphatic carbocycles. The van der Waals surface area contributed by atoms with Gasteiger partial charge >= 0.3 is 0 Å². The first-order valence-electron chi connectivity index (χ1n) is 9.17. The molecule has 0 amide bonds. The first kappa shape index (κ1) is 21.1. The Morgan fingerprint density at radius 1 is 1.00 bits per heavy atom. The zero-order chi connectivity index (χ0) is 18.2. The van der Waals surface area contributed by atoms with E-state index in [0.717, 1.165) is 36.9 Å². The lowest BCUT2D eigenvalue weighted by Gasteiger charge is -2.10. The number of hydrogen-bond acceptors (Lipinski definition) is 5. The summed E-state index contributed by atoms with van der Waals surface area (Å²) in [4.78, 5) is 4.34. The second-order valence-corrected chi connectivity index (χ2v) is 6.57. The van der Waals surface area contributed by atoms with Gasteiger partial charge in [0.2, 0.25) is 0 Å². The van der Waals surface area contributed by atoms with E-state index in [4.69, 9.17) is 9.47 Å². The molecule has 146 valence electrons. The fourth-order valence-corrected chi connectivity index (χ4v) is 2.71. The van der Waals surface area contributed by atoms with Crippen molar-refractivity contribution in [1.82, 2.24) is 5.32 Å². The summed E-state index contributed by atoms with van der Waals surface area (Å²) < 4.78 is 11.2. The molecule has 0 aromatic heterocycles. The molecule has 0 atom stereocenters. The second kappa shape index (κ2) is 10.8. The maximum absolute atomic E-state index is 5.69. The van der Waals surface area contributed by atoms with Crippen LogP contribution in [0.4, 0.5) is 5.69 Å². The fraction of sp³-hybridized carbons (Fsp3) is 0.381. The lowest BCUT2D eigenvalue weighted by Crippen LogP contribution is -2.26. The Balaban J connectivity index is 0.00000261. The van der Waals surface area contributed by atoms with Gasteiger partial charge in [-0.3, -0.25) is 4.99 Å². The molecule has 2 aromatic rings. The molecular formula is C21H28ClN3O2. The van der Waals surface area contributed by atoms with Crippen LogP contribution in [0.25, 0.3) is 0 Å². The largest absolute Gasteiger partial charge is 0.491 e. The highest BCUT2D eigenvalue weighted by Crippen LogP contribution is 2.17. The van der Waals surface area contributed by atoms with E-state index >= 15 is 0 Å². The maximum atomic E-state index is 5.69. The van der Waals surface area contributed by atoms with Gasteiger partial charge in [-0.05, 0) is 55.7 Å². The summed E-state index contributed by atoms with van der Waals surface area (Å²) in [7, 11) is 0. The standard InChI is InChI=1S/C21H27N3O2.ClH/c1-16(2)25-13-14-26-20-9-5-18(6-10-20)15-17-3-7-19(8-4-17)24-21-22-11-12-23-21;/h3-10,16H,11-15H2,1-2H3,(H2,22,23,24);1H. The number of rotatable bonds is 8. The Kier molecular flexibility index (Phi) is 8.43. The van der Waals surface area contributed by atoms with E-state index in [0.29, 0.717) is 13.2 Å². The zero-order valence-electron chi connectivity index (χ0n) is 15.9. The van der Waals surface area contributed by atoms with Crippen LogP contribution in [0.2, 0.25) is 0 Å². The highest BCUT2D eigenvalue weighted by Gasteiger charge is 2.05. The third kappa shape index (κ3) is 7.12. The van der Waals surface area contributed by atoms with Gasteiger partial charge in [0, 0.05) is 12.2 Å². The van der Waals surface area contributed by atoms with Crippen LogP contribution in [0.3, 0.4) is 0 Å². The predicted molar refractivity (Wildman–Crippen MR) is 113 cm³/mol. The number of guanidine groups is 1. The number of nitrogens with zero attached hydrogens (tertiary/aromatic N) is 1. The summed E-state index contributed by atoms with van der Waals surface area (Å²) in [5, 5.41) is 6.49. The molecule has 0 fully saturated rings. The van der Waals surface area contributed by atoms with Gasteiger partial charge in [0.25, 0.3) is 0 Å². The first-order chi connectivity index (χ1) is 12.7. The maximum Gasteiger partial charge on any atom is 0.195 e. The normalized spacial score (nSPS) is 12.9. The van der Waals surface area contributed by atoms with Crippen molar-refractivity contribution in [2.45, 2.75) is 26.4 Å². The van der Waals surface area contributed by atoms with Crippen LogP contribution in [-0.2, 0) is 11.2 Å². The van der Waals surface area contributed by atoms with Crippen LogP contribution < -0.4 is 15.4 Å². The number of halogens is 1. The zero-order valence-corrected chi connectivity index (χ0v) is 16.7. The Morgan fingerprint density at radius 3 is 2.26 bits per heavy atom. The smallest absolute Gasteiger partial charge is 0.195 e. The van der Waals surface area contributed by atoms with E-state index in [-0.39, 0.29) is 18.5 Å². The van der Waals surface area contributed by atoms with Gasteiger partial charge in [-0.15, -0.1) is 12.4 Å². The van der Waals surface area contributed by atoms with Crippen molar-refractivity contribution >= 4 is 24.1 Å². The molecule has 27 heavy (non-hydrogen) atoms. The molecule has 0 bridgehead atoms. The van der Waals surface area contributed by atoms with Gasteiger partial charge in [0.15, 0.2) is 5.96 Å². The highest BCUT2D eigenvalue weighted by atomic mass is 35.5. The number of anilines is 1. The van der Waals surface area contributed by atoms with Gasteiger partial charge in [-0.2, -0.15) is 0 Å². The minimum Gasteiger partial charge on any atom is -0.491 e. The molecule has 2 N–H and O–H groups in total. The average molecular weight is 390 g/mol. The number of benzene rings is 2. The lowest BCUT2D eigenvalue weighted by atomic mass is 10.0. The summed E-state index contributed by atoms with van der Waals surface area (Å²) in [6, 6.07) is 16.7. The van der Waals surface area contributed by atoms with Crippen molar-refractivity contribution < 1.29 is 9.47 Å². The van der Waals surface area contributed by atoms with Crippen LogP contribution in [-0.4, -0.2) is 38.4 Å². The fourth-order valence-electron chi connectivity index (χ4n) is 2.71. The average Bonchev–Trinajstić information content (AvgIpc) is 3.15. The minimum absolute atomic E-state index is 0. The molecule has 0 saturated heterocycles. The molecule has 6 heteroatoms. The molecule has 2 aromatic carbocycles. The van der Waals surface area contributed by atoms with E-state index in [1.54, 1.807) is 0 Å². The quantitative estimate of drug-likeness (QED) is 0.673. The van der Waals surface area contributed by atoms with Gasteiger partial charge in [0.05, 0.1) is 19.3 Å². The van der Waals surface area contributed by atoms with Gasteiger partial charge in [-0.1, -0.05) is 24.3 Å². The third-order valence-corrected chi connectivity index (χ3v) is 4.03. The van der Waals surface area contributed by atoms with Crippen LogP contribution >= 0.6 is 12.4 Å². The molecule has 1 aliphatic rings. The number of nitrogens with one attached hydrogen (secondary N) is 2. The molecule has 0 unspecified atom stereocenters. The van der Waals surface area contributed by atoms with Gasteiger partial charge in [-0.25, -0.2) is 0 Å². The number of aliphatic imine (C=N–C) groups is 1. The number of hydrogen-bond donors (Lipinski definition) is 2. The van der Waals surface area contributed by atoms with Crippen LogP contribution in [0.5, 0.6) is 5.75 Å². The van der Waals surface area contributed by atoms with Crippen molar-refractivity contribution in [1.29, 1.82) is 0 Å². The van der Waals surface area contributed by atoms with E-state index in [1.165, 1.54) is 11.1 Å². The van der Waals surface area contributed by atoms with E-state index in [9.17, 15) is 0 Å². The minimum atomic E-state index is 0. The van der Waals surface area contributed by atoms with E-state index in [2.05, 4.69) is 52.0 Å². The van der Waals surface area contributed by atoms with Crippen molar-refractivity contribution in [2.75, 3.05) is 31.6 Å².